The molecule has 3 aromatic rings. The molecule has 0 saturated carbocycles. The second kappa shape index (κ2) is 3.84. The number of anilines is 1. The van der Waals surface area contributed by atoms with Gasteiger partial charge in [0.15, 0.2) is 0 Å². The van der Waals surface area contributed by atoms with Crippen molar-refractivity contribution in [3.05, 3.63) is 47.8 Å². The number of hydrogen-bond donors (Lipinski definition) is 2. The first-order chi connectivity index (χ1) is 8.63. The first-order valence-electron chi connectivity index (χ1n) is 5.65. The maximum Gasteiger partial charge on any atom is 0.138 e. The van der Waals surface area contributed by atoms with Gasteiger partial charge in [-0.05, 0) is 36.8 Å². The van der Waals surface area contributed by atoms with Crippen LogP contribution in [0.4, 0.5) is 10.1 Å². The van der Waals surface area contributed by atoms with Crippen molar-refractivity contribution < 1.29 is 4.39 Å². The zero-order valence-corrected chi connectivity index (χ0v) is 9.87. The van der Waals surface area contributed by atoms with Crippen molar-refractivity contribution >= 4 is 16.7 Å². The van der Waals surface area contributed by atoms with Crippen LogP contribution in [0.2, 0.25) is 0 Å². The highest BCUT2D eigenvalue weighted by molar-refractivity contribution is 5.82. The Morgan fingerprint density at radius 1 is 1.17 bits per heavy atom. The third-order valence-electron chi connectivity index (χ3n) is 2.95. The molecular formula is C14H12FN3. The number of hydrogen-bond acceptors (Lipinski definition) is 2. The molecule has 0 fully saturated rings. The molecule has 0 unspecified atom stereocenters. The van der Waals surface area contributed by atoms with E-state index in [-0.39, 0.29) is 5.82 Å². The normalized spacial score (nSPS) is 11.0. The summed E-state index contributed by atoms with van der Waals surface area (Å²) < 4.78 is 13.5. The van der Waals surface area contributed by atoms with Crippen molar-refractivity contribution in [1.82, 2.24) is 9.97 Å². The van der Waals surface area contributed by atoms with E-state index in [1.54, 1.807) is 19.1 Å². The molecule has 0 bridgehead atoms. The van der Waals surface area contributed by atoms with Crippen LogP contribution in [0.15, 0.2) is 36.4 Å². The lowest BCUT2D eigenvalue weighted by Gasteiger charge is -1.99. The molecule has 0 aliphatic carbocycles. The Balaban J connectivity index is 2.16. The third-order valence-corrected chi connectivity index (χ3v) is 2.95. The van der Waals surface area contributed by atoms with Crippen LogP contribution >= 0.6 is 0 Å². The van der Waals surface area contributed by atoms with Crippen molar-refractivity contribution in [2.45, 2.75) is 6.92 Å². The van der Waals surface area contributed by atoms with E-state index in [2.05, 4.69) is 9.97 Å². The average molecular weight is 241 g/mol. The number of fused-ring (bicyclic) bond motifs is 1. The maximum atomic E-state index is 13.5. The number of nitrogens with one attached hydrogen (secondary N) is 1. The minimum atomic E-state index is -0.229. The molecule has 1 heterocycles. The number of nitrogen functional groups attached to an aromatic ring is 1. The van der Waals surface area contributed by atoms with Gasteiger partial charge in [-0.2, -0.15) is 0 Å². The summed E-state index contributed by atoms with van der Waals surface area (Å²) in [4.78, 5) is 7.56. The predicted molar refractivity (Wildman–Crippen MR) is 70.6 cm³/mol. The van der Waals surface area contributed by atoms with E-state index < -0.39 is 0 Å². The molecule has 0 atom stereocenters. The van der Waals surface area contributed by atoms with Crippen LogP contribution in [0.3, 0.4) is 0 Å². The standard InChI is InChI=1S/C14H12FN3/c1-8-2-3-9(6-11(8)15)14-17-12-5-4-10(16)7-13(12)18-14/h2-7H,16H2,1H3,(H,17,18). The Bertz CT molecular complexity index is 731. The largest absolute Gasteiger partial charge is 0.399 e. The lowest BCUT2D eigenvalue weighted by atomic mass is 10.1. The van der Waals surface area contributed by atoms with E-state index in [1.807, 2.05) is 18.2 Å². The predicted octanol–water partition coefficient (Wildman–Crippen LogP) is 3.26. The molecule has 0 aliphatic rings. The first kappa shape index (κ1) is 10.8. The topological polar surface area (TPSA) is 54.7 Å². The molecule has 3 rings (SSSR count). The summed E-state index contributed by atoms with van der Waals surface area (Å²) in [6.07, 6.45) is 0. The molecule has 0 spiro atoms. The Morgan fingerprint density at radius 3 is 2.78 bits per heavy atom. The molecule has 18 heavy (non-hydrogen) atoms. The number of imidazole rings is 1. The van der Waals surface area contributed by atoms with Gasteiger partial charge in [0.05, 0.1) is 11.0 Å². The van der Waals surface area contributed by atoms with Gasteiger partial charge in [-0.3, -0.25) is 0 Å². The molecule has 1 aromatic heterocycles. The smallest absolute Gasteiger partial charge is 0.138 e. The molecule has 3 nitrogen and oxygen atoms in total. The van der Waals surface area contributed by atoms with Gasteiger partial charge in [0.2, 0.25) is 0 Å². The number of nitrogens with two attached hydrogens (primary N) is 1. The van der Waals surface area contributed by atoms with Crippen molar-refractivity contribution in [3.63, 3.8) is 0 Å². The number of rotatable bonds is 1. The average Bonchev–Trinajstić information content (AvgIpc) is 2.75. The molecule has 0 saturated heterocycles. The fourth-order valence-corrected chi connectivity index (χ4v) is 1.90. The number of aromatic amines is 1. The number of H-pyrrole nitrogens is 1. The highest BCUT2D eigenvalue weighted by atomic mass is 19.1. The first-order valence-corrected chi connectivity index (χ1v) is 5.65. The number of nitrogens with zero attached hydrogens (tertiary/aromatic N) is 1. The highest BCUT2D eigenvalue weighted by Gasteiger charge is 2.07. The van der Waals surface area contributed by atoms with Gasteiger partial charge in [-0.25, -0.2) is 9.37 Å². The molecule has 0 radical (unpaired) electrons. The number of benzene rings is 2. The molecule has 3 N–H and O–H groups in total. The fraction of sp³-hybridized carbons (Fsp3) is 0.0714. The van der Waals surface area contributed by atoms with Crippen molar-refractivity contribution in [3.8, 4) is 11.4 Å². The maximum absolute atomic E-state index is 13.5. The van der Waals surface area contributed by atoms with Crippen LogP contribution < -0.4 is 5.73 Å². The van der Waals surface area contributed by atoms with E-state index >= 15 is 0 Å². The van der Waals surface area contributed by atoms with Crippen molar-refractivity contribution in [2.75, 3.05) is 5.73 Å². The van der Waals surface area contributed by atoms with Gasteiger partial charge in [-0.1, -0.05) is 12.1 Å². The van der Waals surface area contributed by atoms with Gasteiger partial charge in [0.25, 0.3) is 0 Å². The summed E-state index contributed by atoms with van der Waals surface area (Å²) in [6, 6.07) is 10.5. The Labute approximate surface area is 103 Å². The van der Waals surface area contributed by atoms with E-state index in [9.17, 15) is 4.39 Å². The zero-order valence-electron chi connectivity index (χ0n) is 9.87. The summed E-state index contributed by atoms with van der Waals surface area (Å²) in [6.45, 7) is 1.73. The highest BCUT2D eigenvalue weighted by Crippen LogP contribution is 2.23. The van der Waals surface area contributed by atoms with E-state index in [0.29, 0.717) is 17.1 Å². The lowest BCUT2D eigenvalue weighted by molar-refractivity contribution is 0.619. The monoisotopic (exact) mass is 241 g/mol. The van der Waals surface area contributed by atoms with E-state index in [0.717, 1.165) is 16.6 Å². The molecule has 0 aliphatic heterocycles. The Hall–Kier alpha value is -2.36. The van der Waals surface area contributed by atoms with E-state index in [4.69, 9.17) is 5.73 Å². The van der Waals surface area contributed by atoms with Crippen molar-refractivity contribution in [2.24, 2.45) is 0 Å². The fourth-order valence-electron chi connectivity index (χ4n) is 1.90. The van der Waals surface area contributed by atoms with Crippen LogP contribution in [0, 0.1) is 12.7 Å². The minimum Gasteiger partial charge on any atom is -0.399 e. The van der Waals surface area contributed by atoms with Gasteiger partial charge >= 0.3 is 0 Å². The summed E-state index contributed by atoms with van der Waals surface area (Å²) in [5, 5.41) is 0. The molecule has 2 aromatic carbocycles. The number of aryl methyl sites for hydroxylation is 1. The molecule has 0 amide bonds. The molecule has 90 valence electrons. The summed E-state index contributed by atoms with van der Waals surface area (Å²) >= 11 is 0. The second-order valence-electron chi connectivity index (χ2n) is 4.33. The van der Waals surface area contributed by atoms with Crippen LogP contribution in [0.1, 0.15) is 5.56 Å². The SMILES string of the molecule is Cc1ccc(-c2nc3ccc(N)cc3[nH]2)cc1F. The van der Waals surface area contributed by atoms with Crippen LogP contribution in [-0.4, -0.2) is 9.97 Å². The van der Waals surface area contributed by atoms with Gasteiger partial charge in [0.1, 0.15) is 11.6 Å². The van der Waals surface area contributed by atoms with Crippen LogP contribution in [-0.2, 0) is 0 Å². The Morgan fingerprint density at radius 2 is 2.00 bits per heavy atom. The molecule has 4 heteroatoms. The summed E-state index contributed by atoms with van der Waals surface area (Å²) in [5.41, 5.74) is 9.41. The third kappa shape index (κ3) is 1.72. The van der Waals surface area contributed by atoms with Crippen LogP contribution in [0.5, 0.6) is 0 Å². The molecular weight excluding hydrogens is 229 g/mol. The minimum absolute atomic E-state index is 0.229. The lowest BCUT2D eigenvalue weighted by Crippen LogP contribution is -1.85. The quantitative estimate of drug-likeness (QED) is 0.642. The number of halogens is 1. The van der Waals surface area contributed by atoms with E-state index in [1.165, 1.54) is 6.07 Å². The van der Waals surface area contributed by atoms with Gasteiger partial charge in [0, 0.05) is 11.3 Å². The number of aromatic nitrogens is 2. The summed E-state index contributed by atoms with van der Waals surface area (Å²) in [7, 11) is 0. The van der Waals surface area contributed by atoms with Gasteiger partial charge < -0.3 is 10.7 Å². The zero-order chi connectivity index (χ0) is 12.7. The van der Waals surface area contributed by atoms with Crippen molar-refractivity contribution in [1.29, 1.82) is 0 Å². The Kier molecular flexibility index (Phi) is 2.30. The second-order valence-corrected chi connectivity index (χ2v) is 4.33. The van der Waals surface area contributed by atoms with Crippen LogP contribution in [0.25, 0.3) is 22.4 Å². The summed E-state index contributed by atoms with van der Waals surface area (Å²) in [5.74, 6) is 0.418. The van der Waals surface area contributed by atoms with Gasteiger partial charge in [-0.15, -0.1) is 0 Å².